The third-order valence-corrected chi connectivity index (χ3v) is 6.93. The van der Waals surface area contributed by atoms with Gasteiger partial charge in [0, 0.05) is 39.0 Å². The van der Waals surface area contributed by atoms with Crippen LogP contribution in [0.1, 0.15) is 19.4 Å². The first kappa shape index (κ1) is 24.1. The van der Waals surface area contributed by atoms with Crippen LogP contribution in [0.5, 0.6) is 5.75 Å². The molecule has 2 aromatic carbocycles. The first-order valence-electron chi connectivity index (χ1n) is 11.7. The summed E-state index contributed by atoms with van der Waals surface area (Å²) in [6.45, 7) is 6.08. The van der Waals surface area contributed by atoms with E-state index in [4.69, 9.17) is 9.72 Å². The van der Waals surface area contributed by atoms with Gasteiger partial charge in [0.1, 0.15) is 11.6 Å². The molecule has 0 bridgehead atoms. The van der Waals surface area contributed by atoms with Crippen LogP contribution in [-0.4, -0.2) is 43.8 Å². The molecule has 0 radical (unpaired) electrons. The molecule has 0 atom stereocenters. The van der Waals surface area contributed by atoms with E-state index in [1.807, 2.05) is 53.8 Å². The van der Waals surface area contributed by atoms with E-state index in [1.165, 1.54) is 0 Å². The van der Waals surface area contributed by atoms with Gasteiger partial charge in [-0.15, -0.1) is 11.8 Å². The molecule has 0 aliphatic heterocycles. The third kappa shape index (κ3) is 4.62. The highest BCUT2D eigenvalue weighted by Crippen LogP contribution is 2.35. The average Bonchev–Trinajstić information content (AvgIpc) is 3.26. The van der Waals surface area contributed by atoms with Crippen LogP contribution in [0.3, 0.4) is 0 Å². The molecular formula is C28H29N5O2S. The molecular weight excluding hydrogens is 470 g/mol. The lowest BCUT2D eigenvalue weighted by Gasteiger charge is -2.18. The Kier molecular flexibility index (Phi) is 6.32. The Morgan fingerprint density at radius 2 is 1.89 bits per heavy atom. The monoisotopic (exact) mass is 499 g/mol. The van der Waals surface area contributed by atoms with Crippen LogP contribution in [0.25, 0.3) is 32.9 Å². The molecule has 0 saturated carbocycles. The summed E-state index contributed by atoms with van der Waals surface area (Å²) in [6, 6.07) is 14.2. The van der Waals surface area contributed by atoms with Gasteiger partial charge in [-0.2, -0.15) is 5.10 Å². The summed E-state index contributed by atoms with van der Waals surface area (Å²) in [5.41, 5.74) is 4.01. The fraction of sp³-hybridized carbons (Fsp3) is 0.250. The average molecular weight is 500 g/mol. The number of ether oxygens (including phenoxy) is 1. The Bertz CT molecular complexity index is 1570. The Morgan fingerprint density at radius 1 is 1.06 bits per heavy atom. The smallest absolute Gasteiger partial charge is 0.143 e. The Morgan fingerprint density at radius 3 is 2.64 bits per heavy atom. The molecule has 0 fully saturated rings. The molecule has 2 N–H and O–H groups in total. The lowest BCUT2D eigenvalue weighted by atomic mass is 9.98. The van der Waals surface area contributed by atoms with Gasteiger partial charge in [-0.25, -0.2) is 4.98 Å². The summed E-state index contributed by atoms with van der Waals surface area (Å²) < 4.78 is 7.44. The third-order valence-electron chi connectivity index (χ3n) is 6.21. The van der Waals surface area contributed by atoms with Gasteiger partial charge in [-0.05, 0) is 69.0 Å². The first-order valence-corrected chi connectivity index (χ1v) is 12.9. The number of hydrogen-bond donors (Lipinski definition) is 2. The van der Waals surface area contributed by atoms with Crippen LogP contribution in [0.15, 0.2) is 66.0 Å². The number of aryl methyl sites for hydroxylation is 1. The number of rotatable bonds is 7. The van der Waals surface area contributed by atoms with Crippen molar-refractivity contribution in [3.8, 4) is 17.0 Å². The molecule has 5 rings (SSSR count). The second-order valence-electron chi connectivity index (χ2n) is 9.43. The van der Waals surface area contributed by atoms with Crippen LogP contribution >= 0.6 is 11.8 Å². The predicted molar refractivity (Wildman–Crippen MR) is 147 cm³/mol. The van der Waals surface area contributed by atoms with Gasteiger partial charge in [0.2, 0.25) is 0 Å². The largest absolute Gasteiger partial charge is 0.495 e. The molecule has 5 aromatic rings. The summed E-state index contributed by atoms with van der Waals surface area (Å²) in [7, 11) is 1.67. The maximum Gasteiger partial charge on any atom is 0.143 e. The maximum atomic E-state index is 10.3. The quantitative estimate of drug-likeness (QED) is 0.258. The van der Waals surface area contributed by atoms with Crippen molar-refractivity contribution in [2.24, 2.45) is 0 Å². The lowest BCUT2D eigenvalue weighted by molar-refractivity contribution is 0.0591. The summed E-state index contributed by atoms with van der Waals surface area (Å²) in [5, 5.41) is 21.3. The number of anilines is 2. The number of fused-ring (bicyclic) bond motifs is 2. The fourth-order valence-corrected chi connectivity index (χ4v) is 4.86. The highest BCUT2D eigenvalue weighted by molar-refractivity contribution is 7.98. The first-order chi connectivity index (χ1) is 17.3. The Labute approximate surface area is 214 Å². The summed E-state index contributed by atoms with van der Waals surface area (Å²) in [5.74, 6) is 1.48. The predicted octanol–water partition coefficient (Wildman–Crippen LogP) is 6.20. The van der Waals surface area contributed by atoms with Crippen molar-refractivity contribution in [3.63, 3.8) is 0 Å². The number of aromatic nitrogens is 4. The van der Waals surface area contributed by atoms with Crippen molar-refractivity contribution in [1.82, 2.24) is 19.7 Å². The highest BCUT2D eigenvalue weighted by Gasteiger charge is 2.18. The van der Waals surface area contributed by atoms with E-state index >= 15 is 0 Å². The standard InChI is InChI=1S/C28H29N5O2S/c1-17-20(7-9-24-22(17)15-31-33(24)16-28(2,3)34)27-21-13-26(30-14-18(21)10-11-29-27)32-23-8-6-19(36-5)12-25(23)35-4/h6-15,34H,16H2,1-5H3,(H,30,32). The number of pyridine rings is 2. The van der Waals surface area contributed by atoms with Crippen molar-refractivity contribution < 1.29 is 9.84 Å². The van der Waals surface area contributed by atoms with E-state index in [-0.39, 0.29) is 0 Å². The minimum atomic E-state index is -0.850. The molecule has 3 aromatic heterocycles. The summed E-state index contributed by atoms with van der Waals surface area (Å²) >= 11 is 1.67. The molecule has 0 aliphatic rings. The van der Waals surface area contributed by atoms with Gasteiger partial charge in [0.25, 0.3) is 0 Å². The Hall–Kier alpha value is -3.62. The molecule has 0 unspecified atom stereocenters. The number of benzene rings is 2. The zero-order chi connectivity index (χ0) is 25.4. The number of nitrogens with one attached hydrogen (secondary N) is 1. The Balaban J connectivity index is 1.57. The molecule has 184 valence electrons. The second-order valence-corrected chi connectivity index (χ2v) is 10.3. The summed E-state index contributed by atoms with van der Waals surface area (Å²) in [6.07, 6.45) is 7.59. The van der Waals surface area contributed by atoms with Gasteiger partial charge >= 0.3 is 0 Å². The second kappa shape index (κ2) is 9.44. The molecule has 0 spiro atoms. The zero-order valence-corrected chi connectivity index (χ0v) is 21.8. The number of aliphatic hydroxyl groups is 1. The van der Waals surface area contributed by atoms with Crippen molar-refractivity contribution in [3.05, 3.63) is 66.6 Å². The number of thioether (sulfide) groups is 1. The van der Waals surface area contributed by atoms with E-state index in [2.05, 4.69) is 40.5 Å². The van der Waals surface area contributed by atoms with E-state index < -0.39 is 5.60 Å². The van der Waals surface area contributed by atoms with E-state index in [0.29, 0.717) is 12.4 Å². The summed E-state index contributed by atoms with van der Waals surface area (Å²) in [4.78, 5) is 10.5. The topological polar surface area (TPSA) is 85.1 Å². The van der Waals surface area contributed by atoms with Crippen molar-refractivity contribution in [1.29, 1.82) is 0 Å². The van der Waals surface area contributed by atoms with Crippen molar-refractivity contribution in [2.45, 2.75) is 37.8 Å². The van der Waals surface area contributed by atoms with Gasteiger partial charge in [-0.3, -0.25) is 9.67 Å². The van der Waals surface area contributed by atoms with Crippen LogP contribution in [0.2, 0.25) is 0 Å². The highest BCUT2D eigenvalue weighted by atomic mass is 32.2. The van der Waals surface area contributed by atoms with Crippen molar-refractivity contribution in [2.75, 3.05) is 18.7 Å². The van der Waals surface area contributed by atoms with Gasteiger partial charge < -0.3 is 15.2 Å². The normalized spacial score (nSPS) is 11.8. The van der Waals surface area contributed by atoms with Gasteiger partial charge in [0.05, 0.1) is 42.4 Å². The number of nitrogens with zero attached hydrogens (tertiary/aromatic N) is 4. The minimum Gasteiger partial charge on any atom is -0.495 e. The van der Waals surface area contributed by atoms with Crippen molar-refractivity contribution >= 4 is 44.9 Å². The molecule has 3 heterocycles. The van der Waals surface area contributed by atoms with Crippen LogP contribution < -0.4 is 10.1 Å². The lowest BCUT2D eigenvalue weighted by Crippen LogP contribution is -2.26. The minimum absolute atomic E-state index is 0.421. The molecule has 8 heteroatoms. The SMILES string of the molecule is COc1cc(SC)ccc1Nc1cc2c(-c3ccc4c(cnn4CC(C)(C)O)c3C)nccc2cn1. The molecule has 0 amide bonds. The van der Waals surface area contributed by atoms with Crippen LogP contribution in [0, 0.1) is 6.92 Å². The maximum absolute atomic E-state index is 10.3. The van der Waals surface area contributed by atoms with E-state index in [1.54, 1.807) is 32.7 Å². The van der Waals surface area contributed by atoms with Crippen LogP contribution in [-0.2, 0) is 6.54 Å². The zero-order valence-electron chi connectivity index (χ0n) is 21.0. The molecule has 0 saturated heterocycles. The number of hydrogen-bond acceptors (Lipinski definition) is 7. The van der Waals surface area contributed by atoms with E-state index in [0.717, 1.165) is 54.8 Å². The molecule has 7 nitrogen and oxygen atoms in total. The number of methoxy groups -OCH3 is 1. The van der Waals surface area contributed by atoms with Crippen LogP contribution in [0.4, 0.5) is 11.5 Å². The molecule has 0 aliphatic carbocycles. The van der Waals surface area contributed by atoms with E-state index in [9.17, 15) is 5.11 Å². The van der Waals surface area contributed by atoms with Gasteiger partial charge in [0.15, 0.2) is 0 Å². The van der Waals surface area contributed by atoms with Gasteiger partial charge in [-0.1, -0.05) is 6.07 Å². The molecule has 36 heavy (non-hydrogen) atoms. The fourth-order valence-electron chi connectivity index (χ4n) is 4.43.